The third kappa shape index (κ3) is 3.45. The number of aryl methyl sites for hydroxylation is 1. The summed E-state index contributed by atoms with van der Waals surface area (Å²) in [6.07, 6.45) is 0.741. The van der Waals surface area contributed by atoms with E-state index in [1.807, 2.05) is 40.7 Å². The van der Waals surface area contributed by atoms with Crippen molar-refractivity contribution in [2.75, 3.05) is 11.8 Å². The lowest BCUT2D eigenvalue weighted by Gasteiger charge is -2.21. The van der Waals surface area contributed by atoms with Crippen LogP contribution in [0, 0.1) is 12.7 Å². The van der Waals surface area contributed by atoms with E-state index in [0.717, 1.165) is 50.5 Å². The predicted octanol–water partition coefficient (Wildman–Crippen LogP) is 6.40. The molecule has 160 valence electrons. The highest BCUT2D eigenvalue weighted by atomic mass is 32.1. The number of thiazole rings is 1. The fourth-order valence-electron chi connectivity index (χ4n) is 3.93. The van der Waals surface area contributed by atoms with Gasteiger partial charge in [-0.25, -0.2) is 14.4 Å². The minimum atomic E-state index is -0.243. The number of ether oxygens (including phenoxy) is 2. The topological polar surface area (TPSA) is 47.0 Å². The second-order valence-electron chi connectivity index (χ2n) is 7.66. The Morgan fingerprint density at radius 3 is 2.69 bits per heavy atom. The smallest absolute Gasteiger partial charge is 0.231 e. The first kappa shape index (κ1) is 19.5. The molecule has 2 aromatic carbocycles. The average Bonchev–Trinajstić information content (AvgIpc) is 3.58. The van der Waals surface area contributed by atoms with Crippen molar-refractivity contribution in [1.29, 1.82) is 0 Å². The molecule has 0 radical (unpaired) electrons. The fraction of sp³-hybridized carbons (Fsp3) is 0.167. The van der Waals surface area contributed by atoms with E-state index >= 15 is 0 Å². The average molecular weight is 464 g/mol. The lowest BCUT2D eigenvalue weighted by atomic mass is 10.0. The van der Waals surface area contributed by atoms with Gasteiger partial charge in [-0.05, 0) is 55.0 Å². The first-order chi connectivity index (χ1) is 15.6. The monoisotopic (exact) mass is 463 g/mol. The molecule has 2 aliphatic rings. The van der Waals surface area contributed by atoms with E-state index in [2.05, 4.69) is 19.1 Å². The molecule has 6 rings (SSSR count). The van der Waals surface area contributed by atoms with Gasteiger partial charge in [-0.1, -0.05) is 12.1 Å². The van der Waals surface area contributed by atoms with E-state index < -0.39 is 0 Å². The summed E-state index contributed by atoms with van der Waals surface area (Å²) >= 11 is 3.28. The molecule has 0 bridgehead atoms. The maximum absolute atomic E-state index is 13.6. The summed E-state index contributed by atoms with van der Waals surface area (Å²) in [6.45, 7) is 2.34. The molecule has 1 unspecified atom stereocenters. The molecule has 5 nitrogen and oxygen atoms in total. The SMILES string of the molecule is Cc1ccc(C2=NN(c3nc(-c4ccc5c(c4)OCO5)cs3)C(c3ccc(F)cc3)C2)s1. The molecule has 0 fully saturated rings. The minimum absolute atomic E-state index is 0.0382. The third-order valence-electron chi connectivity index (χ3n) is 5.55. The summed E-state index contributed by atoms with van der Waals surface area (Å²) in [5.41, 5.74) is 3.86. The number of halogens is 1. The Kier molecular flexibility index (Phi) is 4.69. The summed E-state index contributed by atoms with van der Waals surface area (Å²) in [4.78, 5) is 7.29. The number of hydrazone groups is 1. The molecule has 8 heteroatoms. The Morgan fingerprint density at radius 1 is 1.03 bits per heavy atom. The number of fused-ring (bicyclic) bond motifs is 1. The Morgan fingerprint density at radius 2 is 1.88 bits per heavy atom. The molecule has 0 amide bonds. The Labute approximate surface area is 192 Å². The molecule has 0 spiro atoms. The summed E-state index contributed by atoms with van der Waals surface area (Å²) in [6, 6.07) is 16.7. The maximum Gasteiger partial charge on any atom is 0.231 e. The molecule has 4 aromatic rings. The summed E-state index contributed by atoms with van der Waals surface area (Å²) in [5, 5.41) is 9.75. The zero-order valence-electron chi connectivity index (χ0n) is 17.1. The first-order valence-electron chi connectivity index (χ1n) is 10.2. The van der Waals surface area contributed by atoms with Crippen LogP contribution in [0.25, 0.3) is 11.3 Å². The third-order valence-corrected chi connectivity index (χ3v) is 7.43. The van der Waals surface area contributed by atoms with Crippen LogP contribution < -0.4 is 14.5 Å². The van der Waals surface area contributed by atoms with Crippen LogP contribution in [0.1, 0.15) is 27.8 Å². The number of anilines is 1. The van der Waals surface area contributed by atoms with E-state index in [-0.39, 0.29) is 18.7 Å². The van der Waals surface area contributed by atoms with E-state index in [0.29, 0.717) is 0 Å². The van der Waals surface area contributed by atoms with Crippen LogP contribution in [0.5, 0.6) is 11.5 Å². The lowest BCUT2D eigenvalue weighted by molar-refractivity contribution is 0.174. The Bertz CT molecular complexity index is 1330. The maximum atomic E-state index is 13.6. The van der Waals surface area contributed by atoms with Crippen molar-refractivity contribution in [1.82, 2.24) is 4.98 Å². The van der Waals surface area contributed by atoms with Gasteiger partial charge in [0.1, 0.15) is 5.82 Å². The largest absolute Gasteiger partial charge is 0.454 e. The van der Waals surface area contributed by atoms with Gasteiger partial charge in [0.2, 0.25) is 11.9 Å². The number of benzene rings is 2. The van der Waals surface area contributed by atoms with Gasteiger partial charge >= 0.3 is 0 Å². The molecule has 2 aromatic heterocycles. The number of hydrogen-bond donors (Lipinski definition) is 0. The van der Waals surface area contributed by atoms with Crippen molar-refractivity contribution >= 4 is 33.5 Å². The molecule has 0 saturated heterocycles. The van der Waals surface area contributed by atoms with Crippen LogP contribution in [0.4, 0.5) is 9.52 Å². The molecule has 0 aliphatic carbocycles. The van der Waals surface area contributed by atoms with Crippen LogP contribution in [-0.4, -0.2) is 17.5 Å². The summed E-state index contributed by atoms with van der Waals surface area (Å²) < 4.78 is 24.5. The molecule has 2 aliphatic heterocycles. The van der Waals surface area contributed by atoms with Crippen LogP contribution in [0.15, 0.2) is 65.1 Å². The lowest BCUT2D eigenvalue weighted by Crippen LogP contribution is -2.18. The van der Waals surface area contributed by atoms with Gasteiger partial charge in [0.15, 0.2) is 11.5 Å². The van der Waals surface area contributed by atoms with E-state index in [4.69, 9.17) is 19.6 Å². The minimum Gasteiger partial charge on any atom is -0.454 e. The number of nitrogens with zero attached hydrogens (tertiary/aromatic N) is 3. The van der Waals surface area contributed by atoms with Crippen molar-refractivity contribution in [3.05, 3.63) is 81.1 Å². The van der Waals surface area contributed by atoms with Gasteiger partial charge < -0.3 is 9.47 Å². The van der Waals surface area contributed by atoms with Gasteiger partial charge in [0.25, 0.3) is 0 Å². The molecule has 0 saturated carbocycles. The molecule has 4 heterocycles. The van der Waals surface area contributed by atoms with Crippen molar-refractivity contribution in [2.45, 2.75) is 19.4 Å². The summed E-state index contributed by atoms with van der Waals surface area (Å²) in [5.74, 6) is 1.24. The highest BCUT2D eigenvalue weighted by molar-refractivity contribution is 7.14. The van der Waals surface area contributed by atoms with Gasteiger partial charge in [0, 0.05) is 22.2 Å². The van der Waals surface area contributed by atoms with Gasteiger partial charge in [-0.3, -0.25) is 0 Å². The highest BCUT2D eigenvalue weighted by Gasteiger charge is 2.32. The van der Waals surface area contributed by atoms with Crippen LogP contribution in [-0.2, 0) is 0 Å². The molecular formula is C24H18FN3O2S2. The van der Waals surface area contributed by atoms with Gasteiger partial charge in [-0.15, -0.1) is 22.7 Å². The van der Waals surface area contributed by atoms with Gasteiger partial charge in [0.05, 0.1) is 22.3 Å². The van der Waals surface area contributed by atoms with E-state index in [1.165, 1.54) is 17.0 Å². The van der Waals surface area contributed by atoms with Crippen LogP contribution in [0.2, 0.25) is 0 Å². The fourth-order valence-corrected chi connectivity index (χ4v) is 5.62. The highest BCUT2D eigenvalue weighted by Crippen LogP contribution is 2.41. The van der Waals surface area contributed by atoms with Gasteiger partial charge in [-0.2, -0.15) is 5.10 Å². The van der Waals surface area contributed by atoms with Crippen molar-refractivity contribution in [2.24, 2.45) is 5.10 Å². The standard InChI is InChI=1S/C24H18FN3O2S2/c1-14-2-9-23(32-14)18-11-20(15-3-6-17(25)7-4-15)28(27-18)24-26-19(12-31-24)16-5-8-21-22(10-16)30-13-29-21/h2-10,12,20H,11,13H2,1H3. The van der Waals surface area contributed by atoms with E-state index in [1.54, 1.807) is 22.7 Å². The van der Waals surface area contributed by atoms with Crippen molar-refractivity contribution in [3.8, 4) is 22.8 Å². The van der Waals surface area contributed by atoms with Crippen molar-refractivity contribution in [3.63, 3.8) is 0 Å². The van der Waals surface area contributed by atoms with Crippen LogP contribution >= 0.6 is 22.7 Å². The first-order valence-corrected chi connectivity index (χ1v) is 11.9. The normalized spacial score (nSPS) is 17.1. The second kappa shape index (κ2) is 7.72. The Hall–Kier alpha value is -3.23. The number of aromatic nitrogens is 1. The summed E-state index contributed by atoms with van der Waals surface area (Å²) in [7, 11) is 0. The number of rotatable bonds is 4. The number of thiophene rings is 1. The molecule has 0 N–H and O–H groups in total. The predicted molar refractivity (Wildman–Crippen MR) is 126 cm³/mol. The second-order valence-corrected chi connectivity index (χ2v) is 9.78. The molecular weight excluding hydrogens is 445 g/mol. The number of hydrogen-bond acceptors (Lipinski definition) is 7. The van der Waals surface area contributed by atoms with E-state index in [9.17, 15) is 4.39 Å². The van der Waals surface area contributed by atoms with Crippen LogP contribution in [0.3, 0.4) is 0 Å². The Balaban J connectivity index is 1.37. The quantitative estimate of drug-likeness (QED) is 0.351. The van der Waals surface area contributed by atoms with Crippen molar-refractivity contribution < 1.29 is 13.9 Å². The zero-order chi connectivity index (χ0) is 21.7. The molecule has 32 heavy (non-hydrogen) atoms. The molecule has 1 atom stereocenters. The zero-order valence-corrected chi connectivity index (χ0v) is 18.8.